The van der Waals surface area contributed by atoms with Gasteiger partial charge in [0.15, 0.2) is 0 Å². The van der Waals surface area contributed by atoms with Crippen LogP contribution in [0.3, 0.4) is 0 Å². The molecule has 1 heterocycles. The SMILES string of the molecule is CC(C)N(CCCCn1cccn1)C(C)C. The molecule has 0 spiro atoms. The predicted octanol–water partition coefficient (Wildman–Crippen LogP) is 2.78. The maximum Gasteiger partial charge on any atom is 0.0489 e. The van der Waals surface area contributed by atoms with E-state index in [2.05, 4.69) is 37.7 Å². The van der Waals surface area contributed by atoms with E-state index in [1.807, 2.05) is 23.1 Å². The standard InChI is InChI=1S/C13H25N3/c1-12(2)16(13(3)4)11-6-5-9-15-10-7-8-14-15/h7-8,10,12-13H,5-6,9,11H2,1-4H3. The highest BCUT2D eigenvalue weighted by Crippen LogP contribution is 2.07. The van der Waals surface area contributed by atoms with Crippen LogP contribution in [0.15, 0.2) is 18.5 Å². The van der Waals surface area contributed by atoms with Crippen LogP contribution in [0.2, 0.25) is 0 Å². The van der Waals surface area contributed by atoms with Gasteiger partial charge in [0.2, 0.25) is 0 Å². The highest BCUT2D eigenvalue weighted by molar-refractivity contribution is 4.77. The Morgan fingerprint density at radius 3 is 2.31 bits per heavy atom. The third kappa shape index (κ3) is 4.35. The van der Waals surface area contributed by atoms with Crippen molar-refractivity contribution in [2.75, 3.05) is 6.54 Å². The van der Waals surface area contributed by atoms with Crippen molar-refractivity contribution in [1.82, 2.24) is 14.7 Å². The molecule has 0 aromatic carbocycles. The number of aryl methyl sites for hydroxylation is 1. The second-order valence-corrected chi connectivity index (χ2v) is 4.90. The number of aromatic nitrogens is 2. The summed E-state index contributed by atoms with van der Waals surface area (Å²) in [5, 5.41) is 4.21. The molecule has 0 radical (unpaired) electrons. The molecular weight excluding hydrogens is 198 g/mol. The number of nitrogens with zero attached hydrogens (tertiary/aromatic N) is 3. The zero-order valence-corrected chi connectivity index (χ0v) is 11.1. The van der Waals surface area contributed by atoms with Crippen molar-refractivity contribution in [2.45, 2.75) is 59.2 Å². The first-order chi connectivity index (χ1) is 7.61. The van der Waals surface area contributed by atoms with E-state index in [0.717, 1.165) is 6.54 Å². The summed E-state index contributed by atoms with van der Waals surface area (Å²) < 4.78 is 2.01. The fraction of sp³-hybridized carbons (Fsp3) is 0.769. The van der Waals surface area contributed by atoms with Crippen molar-refractivity contribution in [3.63, 3.8) is 0 Å². The van der Waals surface area contributed by atoms with E-state index in [0.29, 0.717) is 12.1 Å². The Morgan fingerprint density at radius 1 is 1.12 bits per heavy atom. The normalized spacial score (nSPS) is 11.9. The van der Waals surface area contributed by atoms with Crippen LogP contribution in [-0.4, -0.2) is 33.3 Å². The van der Waals surface area contributed by atoms with Crippen LogP contribution in [0.1, 0.15) is 40.5 Å². The summed E-state index contributed by atoms with van der Waals surface area (Å²) in [6.07, 6.45) is 6.32. The van der Waals surface area contributed by atoms with E-state index in [-0.39, 0.29) is 0 Å². The molecule has 0 aliphatic carbocycles. The third-order valence-corrected chi connectivity index (χ3v) is 2.94. The predicted molar refractivity (Wildman–Crippen MR) is 68.4 cm³/mol. The first-order valence-corrected chi connectivity index (χ1v) is 6.34. The van der Waals surface area contributed by atoms with Gasteiger partial charge in [-0.05, 0) is 53.1 Å². The van der Waals surface area contributed by atoms with E-state index >= 15 is 0 Å². The highest BCUT2D eigenvalue weighted by atomic mass is 15.3. The fourth-order valence-corrected chi connectivity index (χ4v) is 2.11. The van der Waals surface area contributed by atoms with Crippen molar-refractivity contribution in [3.05, 3.63) is 18.5 Å². The van der Waals surface area contributed by atoms with Gasteiger partial charge in [0, 0.05) is 31.0 Å². The third-order valence-electron chi connectivity index (χ3n) is 2.94. The molecule has 0 saturated heterocycles. The van der Waals surface area contributed by atoms with E-state index in [9.17, 15) is 0 Å². The lowest BCUT2D eigenvalue weighted by Crippen LogP contribution is -2.37. The molecule has 0 atom stereocenters. The lowest BCUT2D eigenvalue weighted by Gasteiger charge is -2.30. The molecule has 0 N–H and O–H groups in total. The zero-order chi connectivity index (χ0) is 12.0. The Hall–Kier alpha value is -0.830. The minimum atomic E-state index is 0.643. The van der Waals surface area contributed by atoms with E-state index in [4.69, 9.17) is 0 Å². The van der Waals surface area contributed by atoms with Crippen LogP contribution in [0.4, 0.5) is 0 Å². The monoisotopic (exact) mass is 223 g/mol. The summed E-state index contributed by atoms with van der Waals surface area (Å²) in [4.78, 5) is 2.54. The molecule has 3 heteroatoms. The molecule has 1 aromatic heterocycles. The van der Waals surface area contributed by atoms with Crippen molar-refractivity contribution >= 4 is 0 Å². The second-order valence-electron chi connectivity index (χ2n) is 4.90. The topological polar surface area (TPSA) is 21.1 Å². The quantitative estimate of drug-likeness (QED) is 0.663. The molecule has 16 heavy (non-hydrogen) atoms. The average Bonchev–Trinajstić information content (AvgIpc) is 2.68. The Bertz CT molecular complexity index is 257. The summed E-state index contributed by atoms with van der Waals surface area (Å²) in [6, 6.07) is 3.27. The largest absolute Gasteiger partial charge is 0.299 e. The molecule has 92 valence electrons. The molecule has 0 saturated carbocycles. The zero-order valence-electron chi connectivity index (χ0n) is 11.1. The van der Waals surface area contributed by atoms with Gasteiger partial charge in [-0.1, -0.05) is 0 Å². The van der Waals surface area contributed by atoms with Crippen LogP contribution in [0, 0.1) is 0 Å². The van der Waals surface area contributed by atoms with E-state index in [1.54, 1.807) is 0 Å². The molecule has 0 aliphatic rings. The van der Waals surface area contributed by atoms with Gasteiger partial charge >= 0.3 is 0 Å². The van der Waals surface area contributed by atoms with Crippen LogP contribution < -0.4 is 0 Å². The Balaban J connectivity index is 2.18. The van der Waals surface area contributed by atoms with Crippen LogP contribution in [-0.2, 0) is 6.54 Å². The fourth-order valence-electron chi connectivity index (χ4n) is 2.11. The van der Waals surface area contributed by atoms with Crippen molar-refractivity contribution in [2.24, 2.45) is 0 Å². The molecule has 1 rings (SSSR count). The Morgan fingerprint density at radius 2 is 1.81 bits per heavy atom. The van der Waals surface area contributed by atoms with Crippen LogP contribution >= 0.6 is 0 Å². The minimum absolute atomic E-state index is 0.643. The first-order valence-electron chi connectivity index (χ1n) is 6.34. The Labute approximate surface area is 99.4 Å². The lowest BCUT2D eigenvalue weighted by atomic mass is 10.2. The van der Waals surface area contributed by atoms with Gasteiger partial charge in [0.1, 0.15) is 0 Å². The Kier molecular flexibility index (Phi) is 5.53. The summed E-state index contributed by atoms with van der Waals surface area (Å²) in [5.41, 5.74) is 0. The average molecular weight is 223 g/mol. The van der Waals surface area contributed by atoms with Gasteiger partial charge in [-0.2, -0.15) is 5.10 Å². The van der Waals surface area contributed by atoms with Gasteiger partial charge in [0.25, 0.3) is 0 Å². The summed E-state index contributed by atoms with van der Waals surface area (Å²) >= 11 is 0. The number of hydrogen-bond acceptors (Lipinski definition) is 2. The molecule has 3 nitrogen and oxygen atoms in total. The van der Waals surface area contributed by atoms with E-state index < -0.39 is 0 Å². The molecular formula is C13H25N3. The second kappa shape index (κ2) is 6.69. The maximum absolute atomic E-state index is 4.21. The number of hydrogen-bond donors (Lipinski definition) is 0. The summed E-state index contributed by atoms with van der Waals surface area (Å²) in [5.74, 6) is 0. The van der Waals surface area contributed by atoms with Gasteiger partial charge in [-0.3, -0.25) is 9.58 Å². The highest BCUT2D eigenvalue weighted by Gasteiger charge is 2.11. The molecule has 0 bridgehead atoms. The minimum Gasteiger partial charge on any atom is -0.299 e. The van der Waals surface area contributed by atoms with Crippen molar-refractivity contribution in [1.29, 1.82) is 0 Å². The smallest absolute Gasteiger partial charge is 0.0489 e. The molecule has 0 unspecified atom stereocenters. The summed E-state index contributed by atoms with van der Waals surface area (Å²) in [6.45, 7) is 11.3. The van der Waals surface area contributed by atoms with Crippen molar-refractivity contribution < 1.29 is 0 Å². The van der Waals surface area contributed by atoms with Gasteiger partial charge in [-0.25, -0.2) is 0 Å². The van der Waals surface area contributed by atoms with Crippen LogP contribution in [0.5, 0.6) is 0 Å². The first kappa shape index (κ1) is 13.2. The summed E-state index contributed by atoms with van der Waals surface area (Å²) in [7, 11) is 0. The molecule has 1 aromatic rings. The molecule has 0 fully saturated rings. The molecule has 0 amide bonds. The van der Waals surface area contributed by atoms with Gasteiger partial charge in [-0.15, -0.1) is 0 Å². The van der Waals surface area contributed by atoms with Gasteiger partial charge < -0.3 is 0 Å². The lowest BCUT2D eigenvalue weighted by molar-refractivity contribution is 0.170. The number of rotatable bonds is 7. The molecule has 0 aliphatic heterocycles. The van der Waals surface area contributed by atoms with Crippen molar-refractivity contribution in [3.8, 4) is 0 Å². The van der Waals surface area contributed by atoms with Gasteiger partial charge in [0.05, 0.1) is 0 Å². The number of unbranched alkanes of at least 4 members (excludes halogenated alkanes) is 1. The van der Waals surface area contributed by atoms with Crippen LogP contribution in [0.25, 0.3) is 0 Å². The maximum atomic E-state index is 4.21. The van der Waals surface area contributed by atoms with E-state index in [1.165, 1.54) is 19.4 Å².